The maximum absolute atomic E-state index is 14.6. The molecule has 0 aromatic heterocycles. The first-order valence-corrected chi connectivity index (χ1v) is 16.9. The van der Waals surface area contributed by atoms with Crippen LogP contribution in [0.3, 0.4) is 0 Å². The Morgan fingerprint density at radius 2 is 1.38 bits per heavy atom. The van der Waals surface area contributed by atoms with Gasteiger partial charge < -0.3 is 10.2 Å². The number of hydrogen-bond donors (Lipinski definition) is 1. The Kier molecular flexibility index (Phi) is 11.5. The van der Waals surface area contributed by atoms with Crippen LogP contribution in [0.15, 0.2) is 114 Å². The minimum Gasteiger partial charge on any atom is -0.354 e. The fourth-order valence-electron chi connectivity index (χ4n) is 5.09. The van der Waals surface area contributed by atoms with Gasteiger partial charge in [-0.3, -0.25) is 13.9 Å². The second-order valence-corrected chi connectivity index (χ2v) is 13.5. The van der Waals surface area contributed by atoms with Gasteiger partial charge in [0.15, 0.2) is 0 Å². The summed E-state index contributed by atoms with van der Waals surface area (Å²) in [5.41, 5.74) is 4.18. The first kappa shape index (κ1) is 33.5. The highest BCUT2D eigenvalue weighted by atomic mass is 32.2. The number of rotatable bonds is 14. The zero-order valence-electron chi connectivity index (χ0n) is 26.5. The first-order valence-electron chi connectivity index (χ1n) is 15.4. The van der Waals surface area contributed by atoms with Gasteiger partial charge in [-0.1, -0.05) is 106 Å². The van der Waals surface area contributed by atoms with Crippen molar-refractivity contribution in [1.82, 2.24) is 10.2 Å². The van der Waals surface area contributed by atoms with Gasteiger partial charge in [-0.15, -0.1) is 0 Å². The molecule has 1 atom stereocenters. The molecule has 4 aromatic carbocycles. The number of aryl methyl sites for hydroxylation is 2. The van der Waals surface area contributed by atoms with E-state index in [-0.39, 0.29) is 29.7 Å². The van der Waals surface area contributed by atoms with E-state index < -0.39 is 28.5 Å². The van der Waals surface area contributed by atoms with Crippen molar-refractivity contribution in [3.05, 3.63) is 131 Å². The van der Waals surface area contributed by atoms with E-state index in [2.05, 4.69) is 5.32 Å². The van der Waals surface area contributed by atoms with Gasteiger partial charge in [0.25, 0.3) is 10.0 Å². The Balaban J connectivity index is 1.80. The van der Waals surface area contributed by atoms with Gasteiger partial charge in [-0.05, 0) is 65.8 Å². The molecule has 4 rings (SSSR count). The van der Waals surface area contributed by atoms with Gasteiger partial charge in [0.05, 0.1) is 10.6 Å². The SMILES string of the molecule is CCc1ccc(N(CC(=O)N(Cc2ccccc2C)[C@@H](Cc2ccccc2)C(=O)NCC(C)C)S(=O)(=O)c2ccccc2)cc1. The van der Waals surface area contributed by atoms with Crippen molar-refractivity contribution in [2.75, 3.05) is 17.4 Å². The minimum atomic E-state index is -4.12. The Morgan fingerprint density at radius 1 is 0.778 bits per heavy atom. The van der Waals surface area contributed by atoms with Gasteiger partial charge in [0, 0.05) is 19.5 Å². The molecule has 1 N–H and O–H groups in total. The van der Waals surface area contributed by atoms with Crippen LogP contribution in [0.25, 0.3) is 0 Å². The molecule has 0 heterocycles. The smallest absolute Gasteiger partial charge is 0.264 e. The molecule has 0 spiro atoms. The van der Waals surface area contributed by atoms with E-state index in [9.17, 15) is 18.0 Å². The summed E-state index contributed by atoms with van der Waals surface area (Å²) in [6.07, 6.45) is 1.07. The van der Waals surface area contributed by atoms with Crippen LogP contribution in [0.5, 0.6) is 0 Å². The number of sulfonamides is 1. The lowest BCUT2D eigenvalue weighted by atomic mass is 10.0. The van der Waals surface area contributed by atoms with Crippen LogP contribution in [0.1, 0.15) is 43.0 Å². The summed E-state index contributed by atoms with van der Waals surface area (Å²) in [6, 6.07) is 31.7. The third kappa shape index (κ3) is 8.82. The maximum Gasteiger partial charge on any atom is 0.264 e. The lowest BCUT2D eigenvalue weighted by Crippen LogP contribution is -2.53. The summed E-state index contributed by atoms with van der Waals surface area (Å²) in [4.78, 5) is 30.1. The fraction of sp³-hybridized carbons (Fsp3) is 0.297. The molecular weight excluding hydrogens is 582 g/mol. The lowest BCUT2D eigenvalue weighted by molar-refractivity contribution is -0.140. The van der Waals surface area contributed by atoms with Gasteiger partial charge in [-0.2, -0.15) is 0 Å². The monoisotopic (exact) mass is 625 g/mol. The number of hydrogen-bond acceptors (Lipinski definition) is 4. The normalized spacial score (nSPS) is 12.0. The molecule has 0 unspecified atom stereocenters. The van der Waals surface area contributed by atoms with Crippen molar-refractivity contribution >= 4 is 27.5 Å². The summed E-state index contributed by atoms with van der Waals surface area (Å²) >= 11 is 0. The Labute approximate surface area is 268 Å². The Bertz CT molecular complexity index is 1660. The molecule has 0 bridgehead atoms. The highest BCUT2D eigenvalue weighted by molar-refractivity contribution is 7.92. The second kappa shape index (κ2) is 15.5. The molecular formula is C37H43N3O4S. The van der Waals surface area contributed by atoms with E-state index in [0.29, 0.717) is 12.2 Å². The molecule has 0 aliphatic rings. The number of benzene rings is 4. The van der Waals surface area contributed by atoms with E-state index in [1.165, 1.54) is 12.1 Å². The van der Waals surface area contributed by atoms with E-state index in [1.807, 2.05) is 94.4 Å². The van der Waals surface area contributed by atoms with Crippen LogP contribution in [-0.4, -0.2) is 44.3 Å². The van der Waals surface area contributed by atoms with Crippen LogP contribution in [-0.2, 0) is 39.0 Å². The predicted octanol–water partition coefficient (Wildman–Crippen LogP) is 6.17. The van der Waals surface area contributed by atoms with Crippen LogP contribution in [0, 0.1) is 12.8 Å². The van der Waals surface area contributed by atoms with Crippen molar-refractivity contribution in [3.8, 4) is 0 Å². The Morgan fingerprint density at radius 3 is 1.98 bits per heavy atom. The molecule has 8 heteroatoms. The highest BCUT2D eigenvalue weighted by Gasteiger charge is 2.34. The zero-order chi connectivity index (χ0) is 32.4. The average molecular weight is 626 g/mol. The molecule has 0 fully saturated rings. The van der Waals surface area contributed by atoms with E-state index in [1.54, 1.807) is 35.2 Å². The molecule has 0 saturated carbocycles. The van der Waals surface area contributed by atoms with Crippen LogP contribution in [0.4, 0.5) is 5.69 Å². The first-order chi connectivity index (χ1) is 21.6. The van der Waals surface area contributed by atoms with Gasteiger partial charge in [0.2, 0.25) is 11.8 Å². The summed E-state index contributed by atoms with van der Waals surface area (Å²) in [7, 11) is -4.12. The number of anilines is 1. The van der Waals surface area contributed by atoms with E-state index >= 15 is 0 Å². The largest absolute Gasteiger partial charge is 0.354 e. The summed E-state index contributed by atoms with van der Waals surface area (Å²) in [5, 5.41) is 3.03. The second-order valence-electron chi connectivity index (χ2n) is 11.6. The van der Waals surface area contributed by atoms with Crippen LogP contribution in [0.2, 0.25) is 0 Å². The molecule has 0 saturated heterocycles. The lowest BCUT2D eigenvalue weighted by Gasteiger charge is -2.34. The zero-order valence-corrected chi connectivity index (χ0v) is 27.3. The maximum atomic E-state index is 14.6. The summed E-state index contributed by atoms with van der Waals surface area (Å²) in [6.45, 7) is 8.14. The third-order valence-corrected chi connectivity index (χ3v) is 9.59. The van der Waals surface area contributed by atoms with Crippen molar-refractivity contribution in [3.63, 3.8) is 0 Å². The van der Waals surface area contributed by atoms with Crippen molar-refractivity contribution < 1.29 is 18.0 Å². The molecule has 45 heavy (non-hydrogen) atoms. The van der Waals surface area contributed by atoms with Gasteiger partial charge >= 0.3 is 0 Å². The average Bonchev–Trinajstić information content (AvgIpc) is 3.05. The number of carbonyl (C=O) groups is 2. The molecule has 236 valence electrons. The Hall–Kier alpha value is -4.43. The standard InChI is InChI=1S/C37H43N3O4S/c1-5-30-20-22-33(23-21-30)40(45(43,44)34-18-10-7-11-19-34)27-36(41)39(26-32-17-13-12-14-29(32)4)35(37(42)38-25-28(2)3)24-31-15-8-6-9-16-31/h6-23,28,35H,5,24-27H2,1-4H3,(H,38,42)/t35-/m0/s1. The van der Waals surface area contributed by atoms with Crippen molar-refractivity contribution in [2.24, 2.45) is 5.92 Å². The van der Waals surface area contributed by atoms with E-state index in [4.69, 9.17) is 0 Å². The molecule has 0 aliphatic heterocycles. The molecule has 2 amide bonds. The number of amides is 2. The van der Waals surface area contributed by atoms with Gasteiger partial charge in [-0.25, -0.2) is 8.42 Å². The van der Waals surface area contributed by atoms with Crippen LogP contribution < -0.4 is 9.62 Å². The number of nitrogens with zero attached hydrogens (tertiary/aromatic N) is 2. The molecule has 0 aliphatic carbocycles. The van der Waals surface area contributed by atoms with Crippen molar-refractivity contribution in [1.29, 1.82) is 0 Å². The molecule has 0 radical (unpaired) electrons. The highest BCUT2D eigenvalue weighted by Crippen LogP contribution is 2.26. The summed E-state index contributed by atoms with van der Waals surface area (Å²) in [5.74, 6) is -0.540. The van der Waals surface area contributed by atoms with Crippen molar-refractivity contribution in [2.45, 2.75) is 58.0 Å². The quantitative estimate of drug-likeness (QED) is 0.182. The molecule has 7 nitrogen and oxygen atoms in total. The minimum absolute atomic E-state index is 0.0818. The topological polar surface area (TPSA) is 86.8 Å². The third-order valence-electron chi connectivity index (χ3n) is 7.80. The van der Waals surface area contributed by atoms with E-state index in [0.717, 1.165) is 33.0 Å². The fourth-order valence-corrected chi connectivity index (χ4v) is 6.53. The number of nitrogens with one attached hydrogen (secondary N) is 1. The predicted molar refractivity (Wildman–Crippen MR) is 180 cm³/mol. The van der Waals surface area contributed by atoms with Gasteiger partial charge in [0.1, 0.15) is 12.6 Å². The molecule has 4 aromatic rings. The van der Waals surface area contributed by atoms with Crippen LogP contribution >= 0.6 is 0 Å². The summed E-state index contributed by atoms with van der Waals surface area (Å²) < 4.78 is 29.4. The number of carbonyl (C=O) groups excluding carboxylic acids is 2.